The van der Waals surface area contributed by atoms with Gasteiger partial charge in [0, 0.05) is 18.2 Å². The number of thiophene rings is 1. The van der Waals surface area contributed by atoms with Crippen LogP contribution in [-0.2, 0) is 4.79 Å². The number of benzene rings is 1. The van der Waals surface area contributed by atoms with Crippen molar-refractivity contribution in [3.63, 3.8) is 0 Å². The lowest BCUT2D eigenvalue weighted by Crippen LogP contribution is -2.28. The number of carbonyl (C=O) groups is 1. The van der Waals surface area contributed by atoms with Gasteiger partial charge >= 0.3 is 0 Å². The largest absolute Gasteiger partial charge is 0.497 e. The molecule has 4 aromatic rings. The molecule has 1 N–H and O–H groups in total. The molecule has 0 saturated heterocycles. The first-order valence-corrected chi connectivity index (χ1v) is 12.7. The van der Waals surface area contributed by atoms with Gasteiger partial charge in [0.25, 0.3) is 5.91 Å². The van der Waals surface area contributed by atoms with E-state index in [4.69, 9.17) is 9.15 Å². The number of methoxy groups -OCH3 is 1. The molecule has 4 heterocycles. The molecule has 168 valence electrons. The Morgan fingerprint density at radius 2 is 2.21 bits per heavy atom. The third-order valence-corrected chi connectivity index (χ3v) is 7.77. The molecule has 8 nitrogen and oxygen atoms in total. The van der Waals surface area contributed by atoms with E-state index in [0.29, 0.717) is 15.9 Å². The lowest BCUT2D eigenvalue weighted by atomic mass is 10.1. The van der Waals surface area contributed by atoms with Gasteiger partial charge in [0.1, 0.15) is 17.6 Å². The minimum absolute atomic E-state index is 0.106. The lowest BCUT2D eigenvalue weighted by molar-refractivity contribution is -0.130. The number of nitrogens with one attached hydrogen (secondary N) is 1. The van der Waals surface area contributed by atoms with Crippen LogP contribution in [0.3, 0.4) is 0 Å². The van der Waals surface area contributed by atoms with Gasteiger partial charge in [0.15, 0.2) is 4.34 Å². The van der Waals surface area contributed by atoms with E-state index < -0.39 is 0 Å². The summed E-state index contributed by atoms with van der Waals surface area (Å²) in [5, 5.41) is 20.4. The van der Waals surface area contributed by atoms with Crippen molar-refractivity contribution in [2.75, 3.05) is 18.2 Å². The van der Waals surface area contributed by atoms with E-state index in [1.54, 1.807) is 24.7 Å². The summed E-state index contributed by atoms with van der Waals surface area (Å²) in [6, 6.07) is 15.0. The first-order valence-electron chi connectivity index (χ1n) is 10.0. The zero-order chi connectivity index (χ0) is 22.6. The van der Waals surface area contributed by atoms with Crippen molar-refractivity contribution >= 4 is 56.9 Å². The Balaban J connectivity index is 1.25. The number of nitrogens with zero attached hydrogens (tertiary/aromatic N) is 4. The van der Waals surface area contributed by atoms with Crippen LogP contribution < -0.4 is 10.1 Å². The van der Waals surface area contributed by atoms with Crippen LogP contribution in [0.5, 0.6) is 5.75 Å². The molecule has 1 amide bonds. The minimum Gasteiger partial charge on any atom is -0.497 e. The molecule has 3 aromatic heterocycles. The fraction of sp³-hybridized carbons (Fsp3) is 0.182. The number of carbonyl (C=O) groups excluding carboxylic acids is 1. The highest BCUT2D eigenvalue weighted by Crippen LogP contribution is 2.35. The van der Waals surface area contributed by atoms with Gasteiger partial charge in [-0.05, 0) is 35.7 Å². The summed E-state index contributed by atoms with van der Waals surface area (Å²) in [5.74, 6) is 1.57. The summed E-state index contributed by atoms with van der Waals surface area (Å²) in [7, 11) is 1.63. The van der Waals surface area contributed by atoms with E-state index in [1.807, 2.05) is 53.9 Å². The molecule has 1 aliphatic rings. The molecule has 33 heavy (non-hydrogen) atoms. The molecule has 1 atom stereocenters. The number of rotatable bonds is 8. The summed E-state index contributed by atoms with van der Waals surface area (Å²) in [4.78, 5) is 14.2. The maximum absolute atomic E-state index is 13.1. The maximum Gasteiger partial charge on any atom is 0.253 e. The van der Waals surface area contributed by atoms with Gasteiger partial charge in [-0.3, -0.25) is 4.79 Å². The third kappa shape index (κ3) is 4.95. The number of hydrazone groups is 1. The number of furan rings is 1. The zero-order valence-corrected chi connectivity index (χ0v) is 20.0. The standard InChI is InChI=1S/C22H19N5O3S3/c1-29-15-6-2-5-14(11-15)23-21-24-25-22(33-21)32-13-20(28)27-17(18-7-3-9-30-18)12-16(26-27)19-8-4-10-31-19/h2-11,17H,12-13H2,1H3,(H,23,24)/t17-/m0/s1. The Labute approximate surface area is 202 Å². The number of amides is 1. The van der Waals surface area contributed by atoms with Crippen LogP contribution >= 0.6 is 34.4 Å². The zero-order valence-electron chi connectivity index (χ0n) is 17.5. The Hall–Kier alpha value is -3.15. The molecule has 0 fully saturated rings. The van der Waals surface area contributed by atoms with E-state index in [0.717, 1.165) is 27.8 Å². The molecule has 0 unspecified atom stereocenters. The van der Waals surface area contributed by atoms with Crippen molar-refractivity contribution in [1.82, 2.24) is 15.2 Å². The third-order valence-electron chi connectivity index (χ3n) is 4.89. The van der Waals surface area contributed by atoms with E-state index in [2.05, 4.69) is 20.6 Å². The van der Waals surface area contributed by atoms with Crippen molar-refractivity contribution in [2.24, 2.45) is 5.10 Å². The summed E-state index contributed by atoms with van der Waals surface area (Å²) >= 11 is 4.35. The molecule has 0 saturated carbocycles. The first-order chi connectivity index (χ1) is 16.2. The average Bonchev–Trinajstić information content (AvgIpc) is 3.63. The van der Waals surface area contributed by atoms with Crippen molar-refractivity contribution in [3.8, 4) is 5.75 Å². The molecule has 0 bridgehead atoms. The van der Waals surface area contributed by atoms with E-state index in [-0.39, 0.29) is 17.7 Å². The second-order valence-corrected chi connectivity index (χ2v) is 10.2. The maximum atomic E-state index is 13.1. The van der Waals surface area contributed by atoms with Gasteiger partial charge in [-0.25, -0.2) is 5.01 Å². The Morgan fingerprint density at radius 3 is 3.00 bits per heavy atom. The molecular formula is C22H19N5O3S3. The normalized spacial score (nSPS) is 15.5. The molecule has 1 aromatic carbocycles. The molecule has 0 spiro atoms. The van der Waals surface area contributed by atoms with E-state index in [9.17, 15) is 4.79 Å². The van der Waals surface area contributed by atoms with Crippen molar-refractivity contribution in [3.05, 3.63) is 70.8 Å². The summed E-state index contributed by atoms with van der Waals surface area (Å²) < 4.78 is 11.5. The summed E-state index contributed by atoms with van der Waals surface area (Å²) in [6.45, 7) is 0. The van der Waals surface area contributed by atoms with Crippen LogP contribution in [0.2, 0.25) is 0 Å². The fourth-order valence-corrected chi connectivity index (χ4v) is 5.71. The second kappa shape index (κ2) is 9.77. The van der Waals surface area contributed by atoms with Crippen molar-refractivity contribution in [1.29, 1.82) is 0 Å². The first kappa shape index (κ1) is 21.7. The number of anilines is 2. The number of hydrogen-bond donors (Lipinski definition) is 1. The number of thioether (sulfide) groups is 1. The van der Waals surface area contributed by atoms with Crippen molar-refractivity contribution in [2.45, 2.75) is 16.8 Å². The predicted octanol–water partition coefficient (Wildman–Crippen LogP) is 5.41. The number of hydrogen-bond acceptors (Lipinski definition) is 10. The number of ether oxygens (including phenoxy) is 1. The Kier molecular flexibility index (Phi) is 6.42. The Morgan fingerprint density at radius 1 is 1.27 bits per heavy atom. The highest BCUT2D eigenvalue weighted by atomic mass is 32.2. The molecule has 5 rings (SSSR count). The van der Waals surface area contributed by atoms with Gasteiger partial charge in [-0.2, -0.15) is 5.10 Å². The van der Waals surface area contributed by atoms with Gasteiger partial charge < -0.3 is 14.5 Å². The van der Waals surface area contributed by atoms with Gasteiger partial charge in [-0.15, -0.1) is 21.5 Å². The molecule has 1 aliphatic heterocycles. The highest BCUT2D eigenvalue weighted by molar-refractivity contribution is 8.01. The monoisotopic (exact) mass is 497 g/mol. The average molecular weight is 498 g/mol. The summed E-state index contributed by atoms with van der Waals surface area (Å²) in [6.07, 6.45) is 2.24. The van der Waals surface area contributed by atoms with Crippen LogP contribution in [0.15, 0.2) is 74.0 Å². The molecular weight excluding hydrogens is 478 g/mol. The van der Waals surface area contributed by atoms with Crippen LogP contribution in [0, 0.1) is 0 Å². The topological polar surface area (TPSA) is 92.8 Å². The predicted molar refractivity (Wildman–Crippen MR) is 131 cm³/mol. The SMILES string of the molecule is COc1cccc(Nc2nnc(SCC(=O)N3N=C(c4cccs4)C[C@H]3c3ccco3)s2)c1. The molecule has 11 heteroatoms. The lowest BCUT2D eigenvalue weighted by Gasteiger charge is -2.19. The van der Waals surface area contributed by atoms with E-state index in [1.165, 1.54) is 28.1 Å². The minimum atomic E-state index is -0.245. The van der Waals surface area contributed by atoms with Gasteiger partial charge in [-0.1, -0.05) is 35.2 Å². The van der Waals surface area contributed by atoms with Gasteiger partial charge in [0.2, 0.25) is 5.13 Å². The van der Waals surface area contributed by atoms with Crippen LogP contribution in [0.4, 0.5) is 10.8 Å². The van der Waals surface area contributed by atoms with Crippen LogP contribution in [0.1, 0.15) is 23.1 Å². The number of aromatic nitrogens is 2. The smallest absolute Gasteiger partial charge is 0.253 e. The molecule has 0 radical (unpaired) electrons. The van der Waals surface area contributed by atoms with E-state index >= 15 is 0 Å². The van der Waals surface area contributed by atoms with Crippen LogP contribution in [0.25, 0.3) is 0 Å². The van der Waals surface area contributed by atoms with Crippen molar-refractivity contribution < 1.29 is 13.9 Å². The quantitative estimate of drug-likeness (QED) is 0.325. The second-order valence-electron chi connectivity index (χ2n) is 7.02. The fourth-order valence-electron chi connectivity index (χ4n) is 3.37. The molecule has 0 aliphatic carbocycles. The highest BCUT2D eigenvalue weighted by Gasteiger charge is 2.35. The van der Waals surface area contributed by atoms with Gasteiger partial charge in [0.05, 0.1) is 29.7 Å². The van der Waals surface area contributed by atoms with Crippen LogP contribution in [-0.4, -0.2) is 39.7 Å². The summed E-state index contributed by atoms with van der Waals surface area (Å²) in [5.41, 5.74) is 1.75. The Bertz CT molecular complexity index is 1250.